The Hall–Kier alpha value is -14.3. The quantitative estimate of drug-likeness (QED) is 0.0162. The van der Waals surface area contributed by atoms with Gasteiger partial charge in [-0.25, -0.2) is 4.98 Å². The summed E-state index contributed by atoms with van der Waals surface area (Å²) in [7, 11) is 5.11. The highest BCUT2D eigenvalue weighted by Crippen LogP contribution is 2.28. The van der Waals surface area contributed by atoms with E-state index in [1.165, 1.54) is 47.6 Å². The van der Waals surface area contributed by atoms with Crippen molar-refractivity contribution in [1.29, 1.82) is 10.8 Å². The number of carboxylic acids is 2. The fourth-order valence-electron chi connectivity index (χ4n) is 16.4. The fraction of sp³-hybridized carbons (Fsp3) is 0.516. The molecule has 2 aliphatic heterocycles. The number of imidazole rings is 1. The van der Waals surface area contributed by atoms with Gasteiger partial charge in [0.1, 0.15) is 72.5 Å². The number of amides is 15. The average molecular weight is 1940 g/mol. The van der Waals surface area contributed by atoms with Gasteiger partial charge >= 0.3 is 11.9 Å². The average Bonchev–Trinajstić information content (AvgIpc) is 1.81. The van der Waals surface area contributed by atoms with Crippen LogP contribution in [0.25, 0.3) is 21.8 Å². The molecule has 2 aliphatic rings. The van der Waals surface area contributed by atoms with E-state index in [-0.39, 0.29) is 123 Å². The van der Waals surface area contributed by atoms with E-state index in [9.17, 15) is 63.0 Å². The smallest absolute Gasteiger partial charge is 0.305 e. The summed E-state index contributed by atoms with van der Waals surface area (Å²) >= 11 is 0.703. The largest absolute Gasteiger partial charge is 0.481 e. The van der Waals surface area contributed by atoms with Crippen molar-refractivity contribution in [3.63, 3.8) is 0 Å². The summed E-state index contributed by atoms with van der Waals surface area (Å²) in [5.74, 6) is -21.3. The molecule has 15 amide bonds. The van der Waals surface area contributed by atoms with E-state index in [1.54, 1.807) is 98.2 Å². The molecule has 0 saturated carbocycles. The number of hydrogen-bond acceptors (Lipinski definition) is 22. The number of carbonyl (C=O) groups excluding carboxylic acids is 16. The first-order valence-corrected chi connectivity index (χ1v) is 46.8. The molecule has 0 aliphatic carbocycles. The number of unbranched alkanes of at least 4 members (excludes halogenated alkanes) is 3. The minimum Gasteiger partial charge on any atom is -0.481 e. The molecule has 3 aromatic carbocycles. The van der Waals surface area contributed by atoms with Crippen LogP contribution in [0, 0.1) is 16.7 Å². The number of benzene rings is 3. The van der Waals surface area contributed by atoms with E-state index < -0.39 is 235 Å². The zero-order valence-electron chi connectivity index (χ0n) is 78.0. The van der Waals surface area contributed by atoms with Crippen molar-refractivity contribution in [3.05, 3.63) is 126 Å². The summed E-state index contributed by atoms with van der Waals surface area (Å²) in [6.07, 6.45) is 3.94. The number of fused-ring (bicyclic) bond motifs is 3. The number of nitrogens with one attached hydrogen (secondary N) is 15. The molecule has 23 N–H and O–H groups in total. The van der Waals surface area contributed by atoms with Crippen LogP contribution in [-0.2, 0) is 112 Å². The minimum absolute atomic E-state index is 0. The third-order valence-corrected chi connectivity index (χ3v) is 25.1. The van der Waals surface area contributed by atoms with Gasteiger partial charge in [0.05, 0.1) is 43.8 Å². The lowest BCUT2D eigenvalue weighted by atomic mass is 9.92. The van der Waals surface area contributed by atoms with Gasteiger partial charge in [0.25, 0.3) is 0 Å². The number of Topliss-reactive ketones (excluding diaryl/α,β-unsaturated/α-hetero) is 1. The van der Waals surface area contributed by atoms with Gasteiger partial charge < -0.3 is 120 Å². The monoisotopic (exact) mass is 1940 g/mol. The van der Waals surface area contributed by atoms with Crippen LogP contribution in [0.2, 0.25) is 0 Å². The maximum atomic E-state index is 15.9. The minimum atomic E-state index is -2.01. The molecular formula is C93H132N24O20S. The van der Waals surface area contributed by atoms with E-state index >= 15 is 33.6 Å². The second-order valence-corrected chi connectivity index (χ2v) is 35.5. The molecule has 2 saturated heterocycles. The number of carboxylic acid groups (broad SMARTS) is 2. The molecule has 0 spiro atoms. The number of guanidine groups is 1. The number of nitrogens with two attached hydrogens (primary N) is 3. The van der Waals surface area contributed by atoms with Crippen molar-refractivity contribution >= 4 is 152 Å². The van der Waals surface area contributed by atoms with Crippen molar-refractivity contribution < 1.29 is 96.5 Å². The number of hydrogen-bond donors (Lipinski definition) is 20. The molecular weight excluding hydrogens is 1810 g/mol. The van der Waals surface area contributed by atoms with E-state index in [2.05, 4.69) is 73.1 Å². The lowest BCUT2D eigenvalue weighted by Gasteiger charge is -2.36. The molecule has 138 heavy (non-hydrogen) atoms. The highest BCUT2D eigenvalue weighted by molar-refractivity contribution is 8.00. The molecule has 750 valence electrons. The normalized spacial score (nSPS) is 22.9. The first kappa shape index (κ1) is 111. The number of amidine groups is 1. The van der Waals surface area contributed by atoms with Crippen LogP contribution >= 0.6 is 11.8 Å². The highest BCUT2D eigenvalue weighted by Gasteiger charge is 2.44. The predicted molar refractivity (Wildman–Crippen MR) is 512 cm³/mol. The second-order valence-electron chi connectivity index (χ2n) is 34.5. The number of carbonyl (C=O) groups is 18. The molecule has 3 aromatic heterocycles. The van der Waals surface area contributed by atoms with Crippen LogP contribution in [-0.4, -0.2) is 311 Å². The number of rotatable bonds is 30. The number of likely N-dealkylation sites (N-methyl/N-ethyl adjacent to an activating group) is 4. The van der Waals surface area contributed by atoms with Crippen LogP contribution in [0.4, 0.5) is 0 Å². The van der Waals surface area contributed by atoms with Gasteiger partial charge in [-0.2, -0.15) is 0 Å². The van der Waals surface area contributed by atoms with Crippen LogP contribution in [0.1, 0.15) is 160 Å². The number of aromatic amines is 3. The Kier molecular flexibility index (Phi) is 43.7. The second kappa shape index (κ2) is 54.4. The van der Waals surface area contributed by atoms with Gasteiger partial charge in [0, 0.05) is 131 Å². The molecule has 6 aromatic rings. The van der Waals surface area contributed by atoms with Crippen molar-refractivity contribution in [1.82, 2.24) is 97.6 Å². The third kappa shape index (κ3) is 33.0. The number of primary amides is 1. The number of nitrogens with zero attached hydrogens (tertiary/aromatic N) is 6. The number of H-pyrrole nitrogens is 3. The molecule has 0 radical (unpaired) electrons. The highest BCUT2D eigenvalue weighted by atomic mass is 32.2. The Morgan fingerprint density at radius 3 is 1.70 bits per heavy atom. The summed E-state index contributed by atoms with van der Waals surface area (Å²) in [6, 6.07) is 3.34. The van der Waals surface area contributed by atoms with Crippen LogP contribution in [0.3, 0.4) is 0 Å². The maximum absolute atomic E-state index is 15.9. The number of aromatic nitrogens is 4. The van der Waals surface area contributed by atoms with Crippen molar-refractivity contribution in [2.75, 3.05) is 65.9 Å². The van der Waals surface area contributed by atoms with Crippen molar-refractivity contribution in [2.45, 2.75) is 236 Å². The summed E-state index contributed by atoms with van der Waals surface area (Å²) in [5.41, 5.74) is 20.1. The Balaban J connectivity index is 0.0000259. The van der Waals surface area contributed by atoms with Gasteiger partial charge in [0.15, 0.2) is 11.7 Å². The molecule has 45 heteroatoms. The number of para-hydroxylation sites is 2. The van der Waals surface area contributed by atoms with Crippen LogP contribution < -0.4 is 70.4 Å². The molecule has 2 fully saturated rings. The summed E-state index contributed by atoms with van der Waals surface area (Å²) < 4.78 is 0. The first-order valence-electron chi connectivity index (χ1n) is 45.7. The fourth-order valence-corrected chi connectivity index (χ4v) is 17.3. The maximum Gasteiger partial charge on any atom is 0.305 e. The molecule has 8 rings (SSSR count). The van der Waals surface area contributed by atoms with E-state index in [0.29, 0.717) is 75.2 Å². The zero-order valence-corrected chi connectivity index (χ0v) is 78.8. The van der Waals surface area contributed by atoms with Gasteiger partial charge in [0.2, 0.25) is 88.6 Å². The Bertz CT molecular complexity index is 5280. The van der Waals surface area contributed by atoms with Gasteiger partial charge in [-0.1, -0.05) is 120 Å². The topological polar surface area (TPSA) is 670 Å². The lowest BCUT2D eigenvalue weighted by Crippen LogP contribution is -2.60. The molecule has 44 nitrogen and oxygen atoms in total. The SMILES string of the molecule is C.CCCC[C@H]1C(=O)N(C)[C@@H](CCCC)C(=O)N[C@@H](CC(=O)O)C(=O)N[C@H](C(=O)NCC(N)=O)CSCC(=O)N[C@@H](Cc2ccccc2)C(=O)N(C)[C@@H](C)C(=O)N[C@@H](CC(=O)O)C(=O)N2CCC[C@H]2C(=O)N[C@@H](Cc2cnc[nH]2)C(=O)N[C@@H](CCCNC(=N)N)C(=O)N(C)CC(=O)C[C@@H](Cc2c[nH]c3ccccc23)C(=O)N[C@@H](CCCCC(=N)N)C(=O)N[C@@H](Cc2c[nH]c3ccccc23)C(=O)N1C. The Morgan fingerprint density at radius 1 is 0.529 bits per heavy atom. The third-order valence-electron chi connectivity index (χ3n) is 24.1. The predicted octanol–water partition coefficient (Wildman–Crippen LogP) is 0.121. The van der Waals surface area contributed by atoms with E-state index in [1.807, 2.05) is 6.92 Å². The van der Waals surface area contributed by atoms with Crippen molar-refractivity contribution in [3.8, 4) is 0 Å². The van der Waals surface area contributed by atoms with E-state index in [0.717, 1.165) is 24.5 Å². The summed E-state index contributed by atoms with van der Waals surface area (Å²) in [4.78, 5) is 281. The van der Waals surface area contributed by atoms with E-state index in [4.69, 9.17) is 28.0 Å². The van der Waals surface area contributed by atoms with Crippen LogP contribution in [0.15, 0.2) is 104 Å². The van der Waals surface area contributed by atoms with Gasteiger partial charge in [-0.05, 0) is 93.5 Å². The van der Waals surface area contributed by atoms with Crippen LogP contribution in [0.5, 0.6) is 0 Å². The molecule has 0 bridgehead atoms. The summed E-state index contributed by atoms with van der Waals surface area (Å²) in [5, 5.41) is 63.9. The molecule has 13 atom stereocenters. The standard InChI is InChI=1S/C92H128N24O20S.CH4/c1-8-10-31-71-85(130)108-66(42-77(120)121)84(129)111-70(81(126)102-47-75(95)118)49-137-50-76(119)104-67(37-53-23-13-12-14-24-53)88(133)113(5)52(3)79(124)109-69(43-78(122)123)90(135)116-36-22-33-72(116)86(131)107-65(41-57-46-98-51-103-57)83(128)106-64(30-21-35-99-92(96)97)87(132)112(4)48-58(117)39-54(38-55-44-100-61-27-17-15-25-59(55)61)80(125)105-63(29-19-20-34-74(93)94)82(127)110-68(40-56-45-101-62-28-18-16-26-60(56)62)89(134)115(7)73(32-11-9-2)91(136)114(71)6;/h12-18,23-28,44-46,51-52,54,63-73,100-101H,8-11,19-22,29-43,47-50H2,1-7H3,(H3,93,94)(H2,95,118)(H,98,103)(H,102,126)(H,104,119)(H,105,125)(H,106,128)(H,107,131)(H,108,130)(H,109,124)(H,110,127)(H,111,129)(H,120,121)(H,122,123)(H4,96,97,99);1H4/t52-,54+,63-,64-,65-,66-,67-,68-,69-,70-,71-,72-,73-;/m0./s1. The molecule has 0 unspecified atom stereocenters. The Labute approximate surface area is 803 Å². The number of ketones is 1. The number of thioether (sulfide) groups is 1. The van der Waals surface area contributed by atoms with Gasteiger partial charge in [-0.15, -0.1) is 11.8 Å². The summed E-state index contributed by atoms with van der Waals surface area (Å²) in [6.45, 7) is 3.25. The van der Waals surface area contributed by atoms with Gasteiger partial charge in [-0.3, -0.25) is 97.1 Å². The Morgan fingerprint density at radius 2 is 1.08 bits per heavy atom. The molecule has 5 heterocycles. The van der Waals surface area contributed by atoms with Crippen molar-refractivity contribution in [2.24, 2.45) is 23.1 Å². The first-order chi connectivity index (χ1) is 65.3. The zero-order chi connectivity index (χ0) is 100. The number of aliphatic carboxylic acids is 2. The lowest BCUT2D eigenvalue weighted by molar-refractivity contribution is -0.149.